The highest BCUT2D eigenvalue weighted by Crippen LogP contribution is 2.28. The van der Waals surface area contributed by atoms with E-state index in [0.717, 1.165) is 0 Å². The summed E-state index contributed by atoms with van der Waals surface area (Å²) in [6, 6.07) is 4.69. The molecule has 0 saturated heterocycles. The van der Waals surface area contributed by atoms with E-state index in [-0.39, 0.29) is 5.56 Å². The van der Waals surface area contributed by atoms with E-state index in [1.165, 1.54) is 13.0 Å². The average Bonchev–Trinajstić information content (AvgIpc) is 2.41. The number of benzene rings is 1. The van der Waals surface area contributed by atoms with E-state index >= 15 is 0 Å². The van der Waals surface area contributed by atoms with Gasteiger partial charge in [-0.1, -0.05) is 0 Å². The number of carbonyl (C=O) groups is 2. The van der Waals surface area contributed by atoms with Crippen molar-refractivity contribution in [1.82, 2.24) is 0 Å². The molecule has 1 aromatic carbocycles. The minimum atomic E-state index is -0.982. The molecule has 0 aliphatic heterocycles. The number of carbonyl (C=O) groups excluding carboxylic acids is 2. The first-order valence-electron chi connectivity index (χ1n) is 6.39. The molecule has 0 saturated carbocycles. The maximum Gasteiger partial charge on any atom is 0.339 e. The number of rotatable bonds is 7. The van der Waals surface area contributed by atoms with Gasteiger partial charge < -0.3 is 19.9 Å². The van der Waals surface area contributed by atoms with Crippen molar-refractivity contribution in [3.05, 3.63) is 23.8 Å². The number of hydrogen-bond acceptors (Lipinski definition) is 5. The molecule has 6 heteroatoms. The van der Waals surface area contributed by atoms with E-state index in [2.05, 4.69) is 0 Å². The summed E-state index contributed by atoms with van der Waals surface area (Å²) < 4.78 is 15.7. The molecule has 20 heavy (non-hydrogen) atoms. The number of hydrogen-bond donors (Lipinski definition) is 1. The number of amides is 1. The van der Waals surface area contributed by atoms with Crippen molar-refractivity contribution in [2.45, 2.75) is 26.9 Å². The molecule has 110 valence electrons. The first kappa shape index (κ1) is 15.8. The molecule has 2 N–H and O–H groups in total. The largest absolute Gasteiger partial charge is 0.490 e. The zero-order valence-corrected chi connectivity index (χ0v) is 11.8. The summed E-state index contributed by atoms with van der Waals surface area (Å²) in [6.45, 7) is 6.03. The first-order chi connectivity index (χ1) is 9.49. The molecule has 1 aromatic rings. The van der Waals surface area contributed by atoms with Gasteiger partial charge in [0, 0.05) is 0 Å². The predicted molar refractivity (Wildman–Crippen MR) is 72.9 cm³/mol. The van der Waals surface area contributed by atoms with Gasteiger partial charge >= 0.3 is 5.97 Å². The average molecular weight is 281 g/mol. The number of primary amides is 1. The van der Waals surface area contributed by atoms with Gasteiger partial charge in [0.2, 0.25) is 0 Å². The van der Waals surface area contributed by atoms with Gasteiger partial charge in [0.15, 0.2) is 17.6 Å². The number of esters is 1. The van der Waals surface area contributed by atoms with E-state index in [4.69, 9.17) is 19.9 Å². The first-order valence-corrected chi connectivity index (χ1v) is 6.39. The van der Waals surface area contributed by atoms with Crippen LogP contribution in [0, 0.1) is 0 Å². The number of ether oxygens (including phenoxy) is 3. The third-order valence-electron chi connectivity index (χ3n) is 2.46. The fraction of sp³-hybridized carbons (Fsp3) is 0.429. The lowest BCUT2D eigenvalue weighted by Crippen LogP contribution is -2.30. The minimum Gasteiger partial charge on any atom is -0.490 e. The zero-order valence-electron chi connectivity index (χ0n) is 11.8. The lowest BCUT2D eigenvalue weighted by Gasteiger charge is -2.13. The molecule has 1 rings (SSSR count). The van der Waals surface area contributed by atoms with E-state index in [9.17, 15) is 9.59 Å². The van der Waals surface area contributed by atoms with E-state index < -0.39 is 18.0 Å². The second-order valence-electron chi connectivity index (χ2n) is 3.98. The van der Waals surface area contributed by atoms with Crippen molar-refractivity contribution in [3.8, 4) is 11.5 Å². The lowest BCUT2D eigenvalue weighted by atomic mass is 10.2. The summed E-state index contributed by atoms with van der Waals surface area (Å²) in [5, 5.41) is 0. The van der Waals surface area contributed by atoms with Crippen LogP contribution in [-0.2, 0) is 9.53 Å². The Labute approximate surface area is 117 Å². The van der Waals surface area contributed by atoms with Gasteiger partial charge in [-0.3, -0.25) is 4.79 Å². The van der Waals surface area contributed by atoms with E-state index in [1.54, 1.807) is 12.1 Å². The van der Waals surface area contributed by atoms with Gasteiger partial charge in [-0.15, -0.1) is 0 Å². The highest BCUT2D eigenvalue weighted by Gasteiger charge is 2.18. The maximum atomic E-state index is 11.9. The van der Waals surface area contributed by atoms with Gasteiger partial charge in [0.25, 0.3) is 5.91 Å². The van der Waals surface area contributed by atoms with Gasteiger partial charge in [-0.05, 0) is 39.0 Å². The monoisotopic (exact) mass is 281 g/mol. The van der Waals surface area contributed by atoms with Gasteiger partial charge in [0.05, 0.1) is 18.8 Å². The summed E-state index contributed by atoms with van der Waals surface area (Å²) in [7, 11) is 0. The molecular weight excluding hydrogens is 262 g/mol. The van der Waals surface area contributed by atoms with Gasteiger partial charge in [-0.2, -0.15) is 0 Å². The molecule has 0 aliphatic carbocycles. The van der Waals surface area contributed by atoms with Crippen LogP contribution in [0.3, 0.4) is 0 Å². The van der Waals surface area contributed by atoms with Crippen molar-refractivity contribution >= 4 is 11.9 Å². The molecular formula is C14H19NO5. The van der Waals surface area contributed by atoms with Crippen molar-refractivity contribution in [3.63, 3.8) is 0 Å². The van der Waals surface area contributed by atoms with Crippen molar-refractivity contribution in [2.24, 2.45) is 5.73 Å². The second-order valence-corrected chi connectivity index (χ2v) is 3.98. The Morgan fingerprint density at radius 3 is 2.30 bits per heavy atom. The SMILES string of the molecule is CCOc1ccc(C(=O)O[C@H](C)C(N)=O)cc1OCC. The molecule has 0 aromatic heterocycles. The van der Waals surface area contributed by atoms with Crippen molar-refractivity contribution in [1.29, 1.82) is 0 Å². The molecule has 0 aliphatic rings. The maximum absolute atomic E-state index is 11.9. The Morgan fingerprint density at radius 1 is 1.15 bits per heavy atom. The third-order valence-corrected chi connectivity index (χ3v) is 2.46. The Balaban J connectivity index is 2.92. The highest BCUT2D eigenvalue weighted by molar-refractivity contribution is 5.92. The predicted octanol–water partition coefficient (Wildman–Crippen LogP) is 1.51. The van der Waals surface area contributed by atoms with Crippen LogP contribution in [0.5, 0.6) is 11.5 Å². The summed E-state index contributed by atoms with van der Waals surface area (Å²) in [4.78, 5) is 22.7. The van der Waals surface area contributed by atoms with Gasteiger partial charge in [0.1, 0.15) is 0 Å². The molecule has 0 spiro atoms. The fourth-order valence-electron chi connectivity index (χ4n) is 1.46. The van der Waals surface area contributed by atoms with Crippen LogP contribution in [0.15, 0.2) is 18.2 Å². The lowest BCUT2D eigenvalue weighted by molar-refractivity contribution is -0.125. The molecule has 0 heterocycles. The topological polar surface area (TPSA) is 87.9 Å². The minimum absolute atomic E-state index is 0.269. The smallest absolute Gasteiger partial charge is 0.339 e. The number of nitrogens with two attached hydrogens (primary N) is 1. The van der Waals surface area contributed by atoms with E-state index in [0.29, 0.717) is 24.7 Å². The summed E-state index contributed by atoms with van der Waals surface area (Å²) in [5.74, 6) is -0.334. The Kier molecular flexibility index (Phi) is 5.83. The van der Waals surface area contributed by atoms with E-state index in [1.807, 2.05) is 13.8 Å². The molecule has 6 nitrogen and oxygen atoms in total. The Bertz CT molecular complexity index is 486. The van der Waals surface area contributed by atoms with Crippen LogP contribution in [-0.4, -0.2) is 31.2 Å². The second kappa shape index (κ2) is 7.37. The van der Waals surface area contributed by atoms with Crippen LogP contribution < -0.4 is 15.2 Å². The standard InChI is InChI=1S/C14H19NO5/c1-4-18-11-7-6-10(8-12(11)19-5-2)14(17)20-9(3)13(15)16/h6-9H,4-5H2,1-3H3,(H2,15,16)/t9-/m1/s1. The van der Waals surface area contributed by atoms with Crippen LogP contribution in [0.4, 0.5) is 0 Å². The van der Waals surface area contributed by atoms with Crippen LogP contribution in [0.2, 0.25) is 0 Å². The van der Waals surface area contributed by atoms with Crippen LogP contribution in [0.1, 0.15) is 31.1 Å². The molecule has 0 bridgehead atoms. The Hall–Kier alpha value is -2.24. The molecule has 0 unspecified atom stereocenters. The summed E-state index contributed by atoms with van der Waals surface area (Å²) >= 11 is 0. The van der Waals surface area contributed by atoms with Gasteiger partial charge in [-0.25, -0.2) is 4.79 Å². The van der Waals surface area contributed by atoms with Crippen molar-refractivity contribution < 1.29 is 23.8 Å². The summed E-state index contributed by atoms with van der Waals surface area (Å²) in [5.41, 5.74) is 5.31. The highest BCUT2D eigenvalue weighted by atomic mass is 16.5. The zero-order chi connectivity index (χ0) is 15.1. The van der Waals surface area contributed by atoms with Crippen LogP contribution >= 0.6 is 0 Å². The van der Waals surface area contributed by atoms with Crippen molar-refractivity contribution in [2.75, 3.05) is 13.2 Å². The molecule has 1 amide bonds. The molecule has 0 radical (unpaired) electrons. The molecule has 1 atom stereocenters. The quantitative estimate of drug-likeness (QED) is 0.765. The summed E-state index contributed by atoms with van der Waals surface area (Å²) in [6.07, 6.45) is -0.982. The normalized spacial score (nSPS) is 11.6. The fourth-order valence-corrected chi connectivity index (χ4v) is 1.46. The van der Waals surface area contributed by atoms with Crippen LogP contribution in [0.25, 0.3) is 0 Å². The Morgan fingerprint density at radius 2 is 1.75 bits per heavy atom. The third kappa shape index (κ3) is 4.15. The molecule has 0 fully saturated rings.